The second-order valence-electron chi connectivity index (χ2n) is 6.28. The normalized spacial score (nSPS) is 11.1. The molecule has 0 heterocycles. The lowest BCUT2D eigenvalue weighted by atomic mass is 10.2. The van der Waals surface area contributed by atoms with Crippen molar-refractivity contribution in [1.29, 1.82) is 0 Å². The van der Waals surface area contributed by atoms with Gasteiger partial charge in [0, 0.05) is 6.07 Å². The molecule has 0 aliphatic heterocycles. The van der Waals surface area contributed by atoms with Crippen molar-refractivity contribution in [1.82, 2.24) is 0 Å². The van der Waals surface area contributed by atoms with Crippen LogP contribution in [0.2, 0.25) is 5.02 Å². The molecular formula is C21H20Cl3F3O4. The van der Waals surface area contributed by atoms with Crippen LogP contribution >= 0.6 is 34.8 Å². The molecule has 2 aromatic carbocycles. The fourth-order valence-corrected chi connectivity index (χ4v) is 2.91. The SMILES string of the molecule is Cc1cc(OCC=C(Cl)Cl)cc(Cl)c1OCCCCOc1ccc(OC(F)(F)F)cc1. The Morgan fingerprint density at radius 2 is 1.52 bits per heavy atom. The van der Waals surface area contributed by atoms with E-state index in [0.29, 0.717) is 48.3 Å². The van der Waals surface area contributed by atoms with Crippen LogP contribution in [-0.4, -0.2) is 26.2 Å². The molecule has 170 valence electrons. The minimum atomic E-state index is -4.72. The maximum atomic E-state index is 12.1. The van der Waals surface area contributed by atoms with Gasteiger partial charge < -0.3 is 18.9 Å². The zero-order valence-corrected chi connectivity index (χ0v) is 18.7. The Balaban J connectivity index is 1.71. The summed E-state index contributed by atoms with van der Waals surface area (Å²) < 4.78 is 57.1. The molecule has 0 aromatic heterocycles. The summed E-state index contributed by atoms with van der Waals surface area (Å²) >= 11 is 17.3. The number of ether oxygens (including phenoxy) is 4. The molecule has 0 fully saturated rings. The minimum absolute atomic E-state index is 0.124. The zero-order chi connectivity index (χ0) is 22.9. The third-order valence-electron chi connectivity index (χ3n) is 3.80. The molecule has 0 aliphatic rings. The van der Waals surface area contributed by atoms with E-state index in [2.05, 4.69) is 4.74 Å². The Labute approximate surface area is 193 Å². The van der Waals surface area contributed by atoms with Crippen molar-refractivity contribution in [2.45, 2.75) is 26.1 Å². The number of halogens is 6. The van der Waals surface area contributed by atoms with Gasteiger partial charge in [-0.3, -0.25) is 0 Å². The molecule has 0 amide bonds. The standard InChI is InChI=1S/C21H20Cl3F3O4/c1-14-12-17(29-11-8-19(23)24)13-18(22)20(14)30-10-3-2-9-28-15-4-6-16(7-5-15)31-21(25,26)27/h4-8,12-13H,2-3,9-11H2,1H3. The maximum absolute atomic E-state index is 12.1. The van der Waals surface area contributed by atoms with Crippen LogP contribution in [0.4, 0.5) is 13.2 Å². The van der Waals surface area contributed by atoms with Gasteiger partial charge in [-0.05, 0) is 61.7 Å². The minimum Gasteiger partial charge on any atom is -0.494 e. The second kappa shape index (κ2) is 12.2. The first-order chi connectivity index (χ1) is 14.6. The second-order valence-corrected chi connectivity index (χ2v) is 7.69. The van der Waals surface area contributed by atoms with Gasteiger partial charge >= 0.3 is 6.36 Å². The van der Waals surface area contributed by atoms with Crippen LogP contribution in [0.25, 0.3) is 0 Å². The molecule has 0 saturated heterocycles. The number of aryl methyl sites for hydroxylation is 1. The third-order valence-corrected chi connectivity index (χ3v) is 4.39. The summed E-state index contributed by atoms with van der Waals surface area (Å²) in [5.74, 6) is 1.30. The van der Waals surface area contributed by atoms with Crippen LogP contribution < -0.4 is 18.9 Å². The van der Waals surface area contributed by atoms with Gasteiger partial charge in [0.25, 0.3) is 0 Å². The van der Waals surface area contributed by atoms with Crippen LogP contribution in [0.15, 0.2) is 47.0 Å². The Morgan fingerprint density at radius 1 is 0.903 bits per heavy atom. The summed E-state index contributed by atoms with van der Waals surface area (Å²) in [6.07, 6.45) is -1.82. The van der Waals surface area contributed by atoms with Crippen molar-refractivity contribution in [2.24, 2.45) is 0 Å². The molecule has 0 unspecified atom stereocenters. The lowest BCUT2D eigenvalue weighted by molar-refractivity contribution is -0.274. The van der Waals surface area contributed by atoms with E-state index in [1.807, 2.05) is 6.92 Å². The van der Waals surface area contributed by atoms with E-state index in [1.165, 1.54) is 30.3 Å². The van der Waals surface area contributed by atoms with Crippen molar-refractivity contribution in [3.05, 3.63) is 57.6 Å². The molecule has 0 bridgehead atoms. The Morgan fingerprint density at radius 3 is 2.10 bits per heavy atom. The Hall–Kier alpha value is -1.96. The van der Waals surface area contributed by atoms with Gasteiger partial charge in [-0.25, -0.2) is 0 Å². The van der Waals surface area contributed by atoms with E-state index in [0.717, 1.165) is 5.56 Å². The van der Waals surface area contributed by atoms with Gasteiger partial charge in [0.15, 0.2) is 0 Å². The van der Waals surface area contributed by atoms with Crippen LogP contribution in [0.3, 0.4) is 0 Å². The fraction of sp³-hybridized carbons (Fsp3) is 0.333. The van der Waals surface area contributed by atoms with E-state index < -0.39 is 6.36 Å². The van der Waals surface area contributed by atoms with Crippen LogP contribution in [-0.2, 0) is 0 Å². The average Bonchev–Trinajstić information content (AvgIpc) is 2.66. The molecule has 2 rings (SSSR count). The topological polar surface area (TPSA) is 36.9 Å². The van der Waals surface area contributed by atoms with Gasteiger partial charge in [-0.2, -0.15) is 0 Å². The van der Waals surface area contributed by atoms with Gasteiger partial charge in [0.05, 0.1) is 18.2 Å². The van der Waals surface area contributed by atoms with Crippen molar-refractivity contribution in [3.63, 3.8) is 0 Å². The molecule has 0 spiro atoms. The maximum Gasteiger partial charge on any atom is 0.573 e. The van der Waals surface area contributed by atoms with Crippen molar-refractivity contribution in [2.75, 3.05) is 19.8 Å². The lowest BCUT2D eigenvalue weighted by Gasteiger charge is -2.13. The van der Waals surface area contributed by atoms with Gasteiger partial charge in [0.2, 0.25) is 0 Å². The summed E-state index contributed by atoms with van der Waals surface area (Å²) in [7, 11) is 0. The summed E-state index contributed by atoms with van der Waals surface area (Å²) in [5.41, 5.74) is 0.820. The fourth-order valence-electron chi connectivity index (χ4n) is 2.47. The number of hydrogen-bond acceptors (Lipinski definition) is 4. The Bertz CT molecular complexity index is 844. The predicted molar refractivity (Wildman–Crippen MR) is 115 cm³/mol. The summed E-state index contributed by atoms with van der Waals surface area (Å²) in [5, 5.41) is 0.424. The molecule has 0 atom stereocenters. The summed E-state index contributed by atoms with van der Waals surface area (Å²) in [6.45, 7) is 2.89. The van der Waals surface area contributed by atoms with Crippen LogP contribution in [0, 0.1) is 6.92 Å². The number of rotatable bonds is 11. The Kier molecular flexibility index (Phi) is 9.93. The number of alkyl halides is 3. The molecular weight excluding hydrogens is 480 g/mol. The predicted octanol–water partition coefficient (Wildman–Crippen LogP) is 7.48. The number of hydrogen-bond donors (Lipinski definition) is 0. The highest BCUT2D eigenvalue weighted by Crippen LogP contribution is 2.33. The monoisotopic (exact) mass is 498 g/mol. The molecule has 0 N–H and O–H groups in total. The molecule has 4 nitrogen and oxygen atoms in total. The number of unbranched alkanes of at least 4 members (excludes halogenated alkanes) is 1. The summed E-state index contributed by atoms with van der Waals surface area (Å²) in [4.78, 5) is 0. The molecule has 0 radical (unpaired) electrons. The molecule has 31 heavy (non-hydrogen) atoms. The highest BCUT2D eigenvalue weighted by atomic mass is 35.5. The van der Waals surface area contributed by atoms with Gasteiger partial charge in [-0.15, -0.1) is 13.2 Å². The van der Waals surface area contributed by atoms with Crippen molar-refractivity contribution < 1.29 is 32.1 Å². The zero-order valence-electron chi connectivity index (χ0n) is 16.5. The summed E-state index contributed by atoms with van der Waals surface area (Å²) in [6, 6.07) is 8.68. The lowest BCUT2D eigenvalue weighted by Crippen LogP contribution is -2.16. The molecule has 2 aromatic rings. The third kappa shape index (κ3) is 9.80. The first-order valence-electron chi connectivity index (χ1n) is 9.19. The first kappa shape index (κ1) is 25.3. The van der Waals surface area contributed by atoms with Crippen LogP contribution in [0.1, 0.15) is 18.4 Å². The van der Waals surface area contributed by atoms with E-state index in [-0.39, 0.29) is 16.8 Å². The van der Waals surface area contributed by atoms with Gasteiger partial charge in [0.1, 0.15) is 34.1 Å². The van der Waals surface area contributed by atoms with E-state index in [9.17, 15) is 13.2 Å². The van der Waals surface area contributed by atoms with Crippen molar-refractivity contribution >= 4 is 34.8 Å². The molecule has 0 saturated carbocycles. The quantitative estimate of drug-likeness (QED) is 0.300. The largest absolute Gasteiger partial charge is 0.573 e. The van der Waals surface area contributed by atoms with Crippen molar-refractivity contribution in [3.8, 4) is 23.0 Å². The van der Waals surface area contributed by atoms with Gasteiger partial charge in [-0.1, -0.05) is 34.8 Å². The number of benzene rings is 2. The van der Waals surface area contributed by atoms with E-state index in [4.69, 9.17) is 49.0 Å². The smallest absolute Gasteiger partial charge is 0.494 e. The van der Waals surface area contributed by atoms with E-state index in [1.54, 1.807) is 12.1 Å². The molecule has 10 heteroatoms. The first-order valence-corrected chi connectivity index (χ1v) is 10.3. The highest BCUT2D eigenvalue weighted by Gasteiger charge is 2.30. The molecule has 0 aliphatic carbocycles. The average molecular weight is 500 g/mol. The highest BCUT2D eigenvalue weighted by molar-refractivity contribution is 6.55. The van der Waals surface area contributed by atoms with Crippen LogP contribution in [0.5, 0.6) is 23.0 Å². The van der Waals surface area contributed by atoms with E-state index >= 15 is 0 Å².